The molecule has 4 rings (SSSR count). The Labute approximate surface area is 197 Å². The quantitative estimate of drug-likeness (QED) is 0.474. The lowest BCUT2D eigenvalue weighted by Crippen LogP contribution is -2.18. The summed E-state index contributed by atoms with van der Waals surface area (Å²) in [6.45, 7) is 5.37. The van der Waals surface area contributed by atoms with Gasteiger partial charge in [-0.05, 0) is 37.6 Å². The van der Waals surface area contributed by atoms with Crippen LogP contribution in [0.15, 0.2) is 46.5 Å². The summed E-state index contributed by atoms with van der Waals surface area (Å²) in [5.74, 6) is 1.61. The van der Waals surface area contributed by atoms with Gasteiger partial charge >= 0.3 is 0 Å². The molecule has 1 N–H and O–H groups in total. The molecule has 2 unspecified atom stereocenters. The molecule has 0 radical (unpaired) electrons. The van der Waals surface area contributed by atoms with Crippen LogP contribution in [0.2, 0.25) is 0 Å². The number of fused-ring (bicyclic) bond motifs is 1. The SMILES string of the molecule is CCC1CN=C(c2cc3cc(Oc4ccc(S(C)(=O)=O)nc4)cc(OC(C)COC)c3[nH]2)S1. The van der Waals surface area contributed by atoms with E-state index in [9.17, 15) is 8.42 Å². The first-order valence-corrected chi connectivity index (χ1v) is 13.4. The molecule has 1 aliphatic heterocycles. The number of nitrogens with one attached hydrogen (secondary N) is 1. The van der Waals surface area contributed by atoms with Crippen molar-refractivity contribution in [2.45, 2.75) is 36.6 Å². The molecular formula is C23H27N3O5S2. The minimum absolute atomic E-state index is 0.00165. The van der Waals surface area contributed by atoms with Crippen molar-refractivity contribution in [3.05, 3.63) is 42.2 Å². The van der Waals surface area contributed by atoms with Crippen molar-refractivity contribution in [3.8, 4) is 17.2 Å². The second kappa shape index (κ2) is 9.74. The largest absolute Gasteiger partial charge is 0.486 e. The summed E-state index contributed by atoms with van der Waals surface area (Å²) in [7, 11) is -1.74. The Bertz CT molecular complexity index is 1270. The first-order chi connectivity index (χ1) is 15.8. The number of benzene rings is 1. The summed E-state index contributed by atoms with van der Waals surface area (Å²) in [4.78, 5) is 12.1. The zero-order valence-corrected chi connectivity index (χ0v) is 20.6. The van der Waals surface area contributed by atoms with Crippen LogP contribution < -0.4 is 9.47 Å². The molecule has 0 fully saturated rings. The molecule has 176 valence electrons. The van der Waals surface area contributed by atoms with Gasteiger partial charge < -0.3 is 19.2 Å². The predicted molar refractivity (Wildman–Crippen MR) is 131 cm³/mol. The smallest absolute Gasteiger partial charge is 0.192 e. The van der Waals surface area contributed by atoms with E-state index < -0.39 is 9.84 Å². The van der Waals surface area contributed by atoms with E-state index in [1.54, 1.807) is 31.0 Å². The molecule has 33 heavy (non-hydrogen) atoms. The fourth-order valence-corrected chi connectivity index (χ4v) is 5.07. The molecule has 1 aliphatic rings. The van der Waals surface area contributed by atoms with Crippen molar-refractivity contribution < 1.29 is 22.6 Å². The van der Waals surface area contributed by atoms with Crippen LogP contribution in [0, 0.1) is 0 Å². The first-order valence-electron chi connectivity index (χ1n) is 10.6. The minimum Gasteiger partial charge on any atom is -0.486 e. The van der Waals surface area contributed by atoms with Crippen molar-refractivity contribution in [1.82, 2.24) is 9.97 Å². The summed E-state index contributed by atoms with van der Waals surface area (Å²) in [5, 5.41) is 2.42. The third-order valence-electron chi connectivity index (χ3n) is 5.12. The molecule has 1 aromatic carbocycles. The van der Waals surface area contributed by atoms with Gasteiger partial charge in [0.2, 0.25) is 0 Å². The lowest BCUT2D eigenvalue weighted by molar-refractivity contribution is 0.0928. The van der Waals surface area contributed by atoms with E-state index in [4.69, 9.17) is 19.2 Å². The standard InChI is InChI=1S/C23H27N3O5S2/c1-5-18-12-25-23(32-18)19-9-15-8-17(10-20(22(15)26-19)30-14(2)13-29-3)31-16-6-7-21(24-11-16)33(4,27)28/h6-11,14,18,26H,5,12-13H2,1-4H3. The second-order valence-corrected chi connectivity index (χ2v) is 11.2. The number of sulfone groups is 1. The van der Waals surface area contributed by atoms with Gasteiger partial charge in [-0.3, -0.25) is 4.99 Å². The summed E-state index contributed by atoms with van der Waals surface area (Å²) < 4.78 is 40.7. The highest BCUT2D eigenvalue weighted by Gasteiger charge is 2.22. The molecule has 0 spiro atoms. The third kappa shape index (κ3) is 5.51. The zero-order chi connectivity index (χ0) is 23.6. The molecule has 0 bridgehead atoms. The molecule has 8 nitrogen and oxygen atoms in total. The highest BCUT2D eigenvalue weighted by Crippen LogP contribution is 2.36. The first kappa shape index (κ1) is 23.6. The van der Waals surface area contributed by atoms with E-state index in [0.29, 0.717) is 29.1 Å². The number of aromatic nitrogens is 2. The number of aliphatic imine (C=N–C) groups is 1. The lowest BCUT2D eigenvalue weighted by atomic mass is 10.2. The van der Waals surface area contributed by atoms with E-state index in [0.717, 1.165) is 40.9 Å². The summed E-state index contributed by atoms with van der Waals surface area (Å²) in [5.41, 5.74) is 1.81. The van der Waals surface area contributed by atoms with Gasteiger partial charge in [-0.25, -0.2) is 13.4 Å². The van der Waals surface area contributed by atoms with Gasteiger partial charge in [-0.2, -0.15) is 0 Å². The average molecular weight is 490 g/mol. The number of methoxy groups -OCH3 is 1. The van der Waals surface area contributed by atoms with Crippen LogP contribution in [0.5, 0.6) is 17.2 Å². The fraction of sp³-hybridized carbons (Fsp3) is 0.391. The Morgan fingerprint density at radius 1 is 1.24 bits per heavy atom. The maximum atomic E-state index is 11.7. The minimum atomic E-state index is -3.37. The molecule has 3 aromatic rings. The maximum Gasteiger partial charge on any atom is 0.192 e. The van der Waals surface area contributed by atoms with Crippen LogP contribution in [-0.4, -0.2) is 61.3 Å². The number of thioether (sulfide) groups is 1. The number of rotatable bonds is 9. The van der Waals surface area contributed by atoms with Crippen LogP contribution in [-0.2, 0) is 14.6 Å². The van der Waals surface area contributed by atoms with Gasteiger partial charge in [0.1, 0.15) is 28.4 Å². The zero-order valence-electron chi connectivity index (χ0n) is 19.0. The third-order valence-corrected chi connectivity index (χ3v) is 7.51. The summed E-state index contributed by atoms with van der Waals surface area (Å²) >= 11 is 1.79. The van der Waals surface area contributed by atoms with Gasteiger partial charge in [0.15, 0.2) is 14.9 Å². The summed E-state index contributed by atoms with van der Waals surface area (Å²) in [6, 6.07) is 8.77. The van der Waals surface area contributed by atoms with Crippen LogP contribution in [0.3, 0.4) is 0 Å². The Balaban J connectivity index is 1.67. The van der Waals surface area contributed by atoms with E-state index in [1.807, 2.05) is 19.1 Å². The number of pyridine rings is 1. The van der Waals surface area contributed by atoms with Gasteiger partial charge in [0.25, 0.3) is 0 Å². The van der Waals surface area contributed by atoms with Crippen molar-refractivity contribution >= 4 is 37.5 Å². The van der Waals surface area contributed by atoms with E-state index >= 15 is 0 Å². The fourth-order valence-electron chi connectivity index (χ4n) is 3.50. The lowest BCUT2D eigenvalue weighted by Gasteiger charge is -2.16. The molecule has 0 saturated carbocycles. The molecule has 2 aromatic heterocycles. The number of aromatic amines is 1. The van der Waals surface area contributed by atoms with Gasteiger partial charge in [0, 0.05) is 30.1 Å². The summed E-state index contributed by atoms with van der Waals surface area (Å²) in [6.07, 6.45) is 3.42. The number of ether oxygens (including phenoxy) is 3. The van der Waals surface area contributed by atoms with Gasteiger partial charge in [-0.1, -0.05) is 18.7 Å². The second-order valence-electron chi connectivity index (χ2n) is 7.95. The Kier molecular flexibility index (Phi) is 6.96. The van der Waals surface area contributed by atoms with Crippen LogP contribution in [0.1, 0.15) is 26.0 Å². The van der Waals surface area contributed by atoms with E-state index in [1.165, 1.54) is 12.3 Å². The van der Waals surface area contributed by atoms with Crippen LogP contribution >= 0.6 is 11.8 Å². The van der Waals surface area contributed by atoms with Crippen molar-refractivity contribution in [1.29, 1.82) is 0 Å². The molecule has 2 atom stereocenters. The van der Waals surface area contributed by atoms with Crippen LogP contribution in [0.25, 0.3) is 10.9 Å². The van der Waals surface area contributed by atoms with Crippen molar-refractivity contribution in [2.24, 2.45) is 4.99 Å². The van der Waals surface area contributed by atoms with Crippen molar-refractivity contribution in [3.63, 3.8) is 0 Å². The topological polar surface area (TPSA) is 103 Å². The Hall–Kier alpha value is -2.56. The van der Waals surface area contributed by atoms with Crippen LogP contribution in [0.4, 0.5) is 0 Å². The maximum absolute atomic E-state index is 11.7. The number of H-pyrrole nitrogens is 1. The number of hydrogen-bond donors (Lipinski definition) is 1. The van der Waals surface area contributed by atoms with Gasteiger partial charge in [-0.15, -0.1) is 0 Å². The number of nitrogens with zero attached hydrogens (tertiary/aromatic N) is 2. The molecule has 3 heterocycles. The monoisotopic (exact) mass is 489 g/mol. The Morgan fingerprint density at radius 2 is 2.06 bits per heavy atom. The molecule has 0 saturated heterocycles. The molecule has 0 aliphatic carbocycles. The van der Waals surface area contributed by atoms with Crippen molar-refractivity contribution in [2.75, 3.05) is 26.5 Å². The van der Waals surface area contributed by atoms with E-state index in [-0.39, 0.29) is 11.1 Å². The normalized spacial score (nSPS) is 17.2. The van der Waals surface area contributed by atoms with Gasteiger partial charge in [0.05, 0.1) is 30.6 Å². The average Bonchev–Trinajstić information content (AvgIpc) is 3.40. The Morgan fingerprint density at radius 3 is 2.70 bits per heavy atom. The van der Waals surface area contributed by atoms with E-state index in [2.05, 4.69) is 16.9 Å². The highest BCUT2D eigenvalue weighted by molar-refractivity contribution is 8.15. The number of hydrogen-bond acceptors (Lipinski definition) is 8. The predicted octanol–water partition coefficient (Wildman–Crippen LogP) is 4.44. The highest BCUT2D eigenvalue weighted by atomic mass is 32.2. The molecule has 10 heteroatoms. The molecule has 0 amide bonds. The molecular weight excluding hydrogens is 462 g/mol.